The monoisotopic (exact) mass is 399 g/mol. The third kappa shape index (κ3) is 4.25. The second kappa shape index (κ2) is 8.41. The first-order valence-corrected chi connectivity index (χ1v) is 10.7. The van der Waals surface area contributed by atoms with Crippen LogP contribution in [0.1, 0.15) is 39.9 Å². The van der Waals surface area contributed by atoms with E-state index in [4.69, 9.17) is 4.42 Å². The predicted octanol–water partition coefficient (Wildman–Crippen LogP) is 2.88. The molecule has 3 heterocycles. The van der Waals surface area contributed by atoms with Gasteiger partial charge in [-0.1, -0.05) is 12.1 Å². The molecule has 0 bridgehead atoms. The zero-order valence-corrected chi connectivity index (χ0v) is 16.8. The fraction of sp³-hybridized carbons (Fsp3) is 0.429. The van der Waals surface area contributed by atoms with E-state index >= 15 is 0 Å². The summed E-state index contributed by atoms with van der Waals surface area (Å²) in [6, 6.07) is 11.6. The van der Waals surface area contributed by atoms with Crippen LogP contribution in [0.25, 0.3) is 0 Å². The van der Waals surface area contributed by atoms with Gasteiger partial charge in [0.25, 0.3) is 5.91 Å². The zero-order valence-electron chi connectivity index (χ0n) is 16.0. The molecule has 2 fully saturated rings. The second-order valence-corrected chi connectivity index (χ2v) is 8.51. The average Bonchev–Trinajstić information content (AvgIpc) is 3.35. The first kappa shape index (κ1) is 19.1. The van der Waals surface area contributed by atoms with Crippen molar-refractivity contribution in [2.24, 2.45) is 0 Å². The lowest BCUT2D eigenvalue weighted by molar-refractivity contribution is -0.128. The maximum Gasteiger partial charge on any atom is 0.251 e. The van der Waals surface area contributed by atoms with Crippen LogP contribution < -0.4 is 5.32 Å². The van der Waals surface area contributed by atoms with Crippen LogP contribution in [0.5, 0.6) is 0 Å². The number of rotatable bonds is 5. The molecular formula is C21H25N3O3S. The van der Waals surface area contributed by atoms with Crippen molar-refractivity contribution >= 4 is 23.6 Å². The number of hydrogen-bond acceptors (Lipinski definition) is 5. The van der Waals surface area contributed by atoms with Crippen molar-refractivity contribution < 1.29 is 14.0 Å². The van der Waals surface area contributed by atoms with Crippen LogP contribution in [-0.2, 0) is 11.3 Å². The minimum Gasteiger partial charge on any atom is -0.467 e. The largest absolute Gasteiger partial charge is 0.467 e. The number of furan rings is 1. The van der Waals surface area contributed by atoms with Crippen LogP contribution >= 0.6 is 11.8 Å². The average molecular weight is 400 g/mol. The van der Waals surface area contributed by atoms with Crippen LogP contribution in [0.4, 0.5) is 0 Å². The van der Waals surface area contributed by atoms with Crippen LogP contribution in [-0.4, -0.2) is 53.5 Å². The van der Waals surface area contributed by atoms with Gasteiger partial charge in [-0.15, -0.1) is 11.8 Å². The Morgan fingerprint density at radius 1 is 1.21 bits per heavy atom. The van der Waals surface area contributed by atoms with Crippen LogP contribution in [0, 0.1) is 0 Å². The van der Waals surface area contributed by atoms with Gasteiger partial charge in [0.2, 0.25) is 5.91 Å². The van der Waals surface area contributed by atoms with E-state index in [0.717, 1.165) is 37.3 Å². The van der Waals surface area contributed by atoms with Crippen molar-refractivity contribution in [1.82, 2.24) is 15.1 Å². The van der Waals surface area contributed by atoms with Gasteiger partial charge in [0.05, 0.1) is 18.6 Å². The van der Waals surface area contributed by atoms with Gasteiger partial charge in [0.1, 0.15) is 11.1 Å². The van der Waals surface area contributed by atoms with Gasteiger partial charge in [-0.05, 0) is 62.8 Å². The quantitative estimate of drug-likeness (QED) is 0.838. The Balaban J connectivity index is 1.40. The third-order valence-corrected chi connectivity index (χ3v) is 6.64. The van der Waals surface area contributed by atoms with Crippen LogP contribution in [0.2, 0.25) is 0 Å². The van der Waals surface area contributed by atoms with Gasteiger partial charge < -0.3 is 19.5 Å². The first-order valence-electron chi connectivity index (χ1n) is 9.63. The van der Waals surface area contributed by atoms with Gasteiger partial charge in [-0.2, -0.15) is 0 Å². The molecule has 1 aromatic heterocycles. The number of thioether (sulfide) groups is 1. The number of carbonyl (C=O) groups is 2. The molecule has 2 aromatic rings. The molecule has 0 radical (unpaired) electrons. The predicted molar refractivity (Wildman–Crippen MR) is 109 cm³/mol. The van der Waals surface area contributed by atoms with E-state index < -0.39 is 0 Å². The molecule has 0 aliphatic carbocycles. The molecule has 148 valence electrons. The standard InChI is InChI=1S/C21H25N3O3S/c1-23-10-8-17(9-11-23)22-20(26)15-4-6-16(7-5-15)21-24(19(25)14-28-21)13-18-3-2-12-27-18/h2-7,12,17,21H,8-11,13-14H2,1H3,(H,22,26)/t21-/m0/s1. The number of nitrogens with zero attached hydrogens (tertiary/aromatic N) is 2. The molecule has 2 aliphatic heterocycles. The molecule has 2 aliphatic rings. The molecule has 2 amide bonds. The molecule has 1 N–H and O–H groups in total. The zero-order chi connectivity index (χ0) is 19.5. The number of hydrogen-bond donors (Lipinski definition) is 1. The summed E-state index contributed by atoms with van der Waals surface area (Å²) < 4.78 is 5.40. The molecule has 6 nitrogen and oxygen atoms in total. The number of amides is 2. The van der Waals surface area contributed by atoms with E-state index in [1.165, 1.54) is 0 Å². The molecule has 4 rings (SSSR count). The highest BCUT2D eigenvalue weighted by Crippen LogP contribution is 2.39. The number of benzene rings is 1. The summed E-state index contributed by atoms with van der Waals surface area (Å²) in [5.74, 6) is 1.32. The summed E-state index contributed by atoms with van der Waals surface area (Å²) >= 11 is 1.61. The van der Waals surface area contributed by atoms with Crippen molar-refractivity contribution in [2.75, 3.05) is 25.9 Å². The van der Waals surface area contributed by atoms with Gasteiger partial charge in [0.15, 0.2) is 0 Å². The lowest BCUT2D eigenvalue weighted by Gasteiger charge is -2.29. The maximum atomic E-state index is 12.5. The molecule has 7 heteroatoms. The lowest BCUT2D eigenvalue weighted by atomic mass is 10.0. The molecular weight excluding hydrogens is 374 g/mol. The number of likely N-dealkylation sites (tertiary alicyclic amines) is 1. The minimum absolute atomic E-state index is 0.0244. The highest BCUT2D eigenvalue weighted by atomic mass is 32.2. The molecule has 1 atom stereocenters. The van der Waals surface area contributed by atoms with Crippen molar-refractivity contribution in [2.45, 2.75) is 30.8 Å². The Bertz CT molecular complexity index is 814. The fourth-order valence-electron chi connectivity index (χ4n) is 3.69. The molecule has 1 aromatic carbocycles. The van der Waals surface area contributed by atoms with E-state index in [9.17, 15) is 9.59 Å². The Labute approximate surface area is 169 Å². The van der Waals surface area contributed by atoms with E-state index in [2.05, 4.69) is 17.3 Å². The highest BCUT2D eigenvalue weighted by Gasteiger charge is 2.33. The maximum absolute atomic E-state index is 12.5. The molecule has 0 saturated carbocycles. The number of carbonyl (C=O) groups excluding carboxylic acids is 2. The van der Waals surface area contributed by atoms with E-state index in [0.29, 0.717) is 17.9 Å². The topological polar surface area (TPSA) is 65.8 Å². The van der Waals surface area contributed by atoms with Gasteiger partial charge in [-0.25, -0.2) is 0 Å². The van der Waals surface area contributed by atoms with E-state index in [1.807, 2.05) is 41.3 Å². The van der Waals surface area contributed by atoms with Crippen molar-refractivity contribution in [3.8, 4) is 0 Å². The SMILES string of the molecule is CN1CCC(NC(=O)c2ccc([C@@H]3SCC(=O)N3Cc3ccco3)cc2)CC1. The van der Waals surface area contributed by atoms with Crippen LogP contribution in [0.3, 0.4) is 0 Å². The summed E-state index contributed by atoms with van der Waals surface area (Å²) in [5.41, 5.74) is 1.69. The third-order valence-electron chi connectivity index (χ3n) is 5.39. The molecule has 28 heavy (non-hydrogen) atoms. The number of piperidine rings is 1. The Hall–Kier alpha value is -2.25. The summed E-state index contributed by atoms with van der Waals surface area (Å²) in [6.07, 6.45) is 3.60. The lowest BCUT2D eigenvalue weighted by Crippen LogP contribution is -2.43. The minimum atomic E-state index is -0.0522. The summed E-state index contributed by atoms with van der Waals surface area (Å²) in [7, 11) is 2.11. The van der Waals surface area contributed by atoms with Crippen molar-refractivity contribution in [3.05, 3.63) is 59.5 Å². The Kier molecular flexibility index (Phi) is 5.73. The second-order valence-electron chi connectivity index (χ2n) is 7.44. The Morgan fingerprint density at radius 3 is 2.64 bits per heavy atom. The molecule has 0 unspecified atom stereocenters. The van der Waals surface area contributed by atoms with E-state index in [1.54, 1.807) is 18.0 Å². The fourth-order valence-corrected chi connectivity index (χ4v) is 4.88. The Morgan fingerprint density at radius 2 is 1.96 bits per heavy atom. The summed E-state index contributed by atoms with van der Waals surface area (Å²) in [4.78, 5) is 29.0. The van der Waals surface area contributed by atoms with Gasteiger partial charge in [-0.3, -0.25) is 9.59 Å². The summed E-state index contributed by atoms with van der Waals surface area (Å²) in [5, 5.41) is 3.09. The van der Waals surface area contributed by atoms with Crippen LogP contribution in [0.15, 0.2) is 47.1 Å². The van der Waals surface area contributed by atoms with Crippen molar-refractivity contribution in [1.29, 1.82) is 0 Å². The number of nitrogens with one attached hydrogen (secondary N) is 1. The first-order chi connectivity index (χ1) is 13.6. The van der Waals surface area contributed by atoms with Gasteiger partial charge in [0, 0.05) is 11.6 Å². The normalized spacial score (nSPS) is 21.2. The van der Waals surface area contributed by atoms with Gasteiger partial charge >= 0.3 is 0 Å². The molecule has 2 saturated heterocycles. The molecule has 0 spiro atoms. The summed E-state index contributed by atoms with van der Waals surface area (Å²) in [6.45, 7) is 2.49. The highest BCUT2D eigenvalue weighted by molar-refractivity contribution is 8.00. The smallest absolute Gasteiger partial charge is 0.251 e. The van der Waals surface area contributed by atoms with E-state index in [-0.39, 0.29) is 23.2 Å². The van der Waals surface area contributed by atoms with Crippen molar-refractivity contribution in [3.63, 3.8) is 0 Å².